The Kier molecular flexibility index (Phi) is 5.51. The van der Waals surface area contributed by atoms with E-state index in [2.05, 4.69) is 38.2 Å². The van der Waals surface area contributed by atoms with Crippen molar-refractivity contribution >= 4 is 5.91 Å². The lowest BCUT2D eigenvalue weighted by Crippen LogP contribution is -2.43. The van der Waals surface area contributed by atoms with Gasteiger partial charge in [0.1, 0.15) is 6.04 Å². The molecular weight excluding hydrogens is 240 g/mol. The van der Waals surface area contributed by atoms with E-state index >= 15 is 0 Å². The average molecular weight is 264 g/mol. The van der Waals surface area contributed by atoms with E-state index in [1.807, 2.05) is 12.1 Å². The van der Waals surface area contributed by atoms with Crippen LogP contribution in [0.3, 0.4) is 0 Å². The van der Waals surface area contributed by atoms with Crippen LogP contribution in [0, 0.1) is 0 Å². The molecule has 0 heterocycles. The summed E-state index contributed by atoms with van der Waals surface area (Å²) >= 11 is 0. The van der Waals surface area contributed by atoms with Gasteiger partial charge in [-0.15, -0.1) is 0 Å². The Bertz CT molecular complexity index is 407. The van der Waals surface area contributed by atoms with E-state index in [1.165, 1.54) is 12.7 Å². The van der Waals surface area contributed by atoms with Crippen LogP contribution in [0.25, 0.3) is 0 Å². The highest BCUT2D eigenvalue weighted by Gasteiger charge is 2.14. The first kappa shape index (κ1) is 15.7. The van der Waals surface area contributed by atoms with Gasteiger partial charge in [0, 0.05) is 13.7 Å². The van der Waals surface area contributed by atoms with Crippen molar-refractivity contribution in [2.24, 2.45) is 5.73 Å². The van der Waals surface area contributed by atoms with Gasteiger partial charge in [-0.3, -0.25) is 4.79 Å². The fourth-order valence-electron chi connectivity index (χ4n) is 1.70. The highest BCUT2D eigenvalue weighted by Crippen LogP contribution is 2.22. The van der Waals surface area contributed by atoms with Crippen molar-refractivity contribution in [3.8, 4) is 0 Å². The van der Waals surface area contributed by atoms with Gasteiger partial charge in [-0.25, -0.2) is 0 Å². The van der Waals surface area contributed by atoms with Gasteiger partial charge in [-0.2, -0.15) is 0 Å². The van der Waals surface area contributed by atoms with Crippen molar-refractivity contribution < 1.29 is 9.53 Å². The number of hydrogen-bond acceptors (Lipinski definition) is 3. The van der Waals surface area contributed by atoms with Gasteiger partial charge in [-0.1, -0.05) is 45.0 Å². The quantitative estimate of drug-likeness (QED) is 0.848. The first-order chi connectivity index (χ1) is 8.84. The molecule has 1 atom stereocenters. The molecule has 106 valence electrons. The summed E-state index contributed by atoms with van der Waals surface area (Å²) in [7, 11) is 1.53. The van der Waals surface area contributed by atoms with E-state index in [0.29, 0.717) is 6.54 Å². The number of ether oxygens (including phenoxy) is 1. The minimum absolute atomic E-state index is 0.141. The Morgan fingerprint density at radius 3 is 2.37 bits per heavy atom. The first-order valence-corrected chi connectivity index (χ1v) is 6.46. The van der Waals surface area contributed by atoms with Crippen molar-refractivity contribution in [2.75, 3.05) is 13.7 Å². The van der Waals surface area contributed by atoms with Crippen molar-refractivity contribution in [1.82, 2.24) is 5.32 Å². The van der Waals surface area contributed by atoms with Crippen LogP contribution in [0.2, 0.25) is 0 Å². The minimum atomic E-state index is -0.612. The van der Waals surface area contributed by atoms with Gasteiger partial charge >= 0.3 is 0 Å². The summed E-state index contributed by atoms with van der Waals surface area (Å²) in [5, 5.41) is 2.80. The third-order valence-corrected chi connectivity index (χ3v) is 2.97. The molecule has 4 heteroatoms. The van der Waals surface area contributed by atoms with Crippen LogP contribution in [-0.4, -0.2) is 25.7 Å². The average Bonchev–Trinajstić information content (AvgIpc) is 2.35. The predicted molar refractivity (Wildman–Crippen MR) is 76.8 cm³/mol. The smallest absolute Gasteiger partial charge is 0.239 e. The van der Waals surface area contributed by atoms with Crippen LogP contribution in [0.1, 0.15) is 31.9 Å². The second-order valence-electron chi connectivity index (χ2n) is 5.73. The lowest BCUT2D eigenvalue weighted by atomic mass is 9.87. The third-order valence-electron chi connectivity index (χ3n) is 2.97. The van der Waals surface area contributed by atoms with Crippen LogP contribution in [0.4, 0.5) is 0 Å². The van der Waals surface area contributed by atoms with Gasteiger partial charge in [0.05, 0.1) is 6.61 Å². The van der Waals surface area contributed by atoms with E-state index < -0.39 is 6.04 Å². The molecule has 0 aromatic heterocycles. The van der Waals surface area contributed by atoms with Crippen molar-refractivity contribution in [3.05, 3.63) is 35.4 Å². The van der Waals surface area contributed by atoms with Crippen molar-refractivity contribution in [2.45, 2.75) is 38.8 Å². The lowest BCUT2D eigenvalue weighted by Gasteiger charge is -2.19. The molecule has 1 amide bonds. The van der Waals surface area contributed by atoms with E-state index in [4.69, 9.17) is 10.5 Å². The zero-order valence-electron chi connectivity index (χ0n) is 12.2. The Morgan fingerprint density at radius 2 is 1.89 bits per heavy atom. The number of rotatable bonds is 5. The molecule has 3 N–H and O–H groups in total. The van der Waals surface area contributed by atoms with Gasteiger partial charge in [-0.05, 0) is 16.5 Å². The van der Waals surface area contributed by atoms with Crippen molar-refractivity contribution in [1.29, 1.82) is 0 Å². The number of benzene rings is 1. The second kappa shape index (κ2) is 6.68. The SMILES string of the molecule is COC[C@@H](N)C(=O)NCc1ccc(C(C)(C)C)cc1. The largest absolute Gasteiger partial charge is 0.383 e. The number of amides is 1. The Hall–Kier alpha value is -1.39. The first-order valence-electron chi connectivity index (χ1n) is 6.46. The Morgan fingerprint density at radius 1 is 1.32 bits per heavy atom. The molecule has 0 aliphatic rings. The molecule has 19 heavy (non-hydrogen) atoms. The number of nitrogens with two attached hydrogens (primary N) is 1. The number of carbonyl (C=O) groups excluding carboxylic acids is 1. The maximum absolute atomic E-state index is 11.6. The molecule has 4 nitrogen and oxygen atoms in total. The molecule has 0 saturated heterocycles. The molecule has 0 saturated carbocycles. The lowest BCUT2D eigenvalue weighted by molar-refractivity contribution is -0.123. The number of hydrogen-bond donors (Lipinski definition) is 2. The Balaban J connectivity index is 2.53. The summed E-state index contributed by atoms with van der Waals surface area (Å²) in [5.74, 6) is -0.193. The van der Waals surface area contributed by atoms with E-state index in [0.717, 1.165) is 5.56 Å². The molecular formula is C15H24N2O2. The summed E-state index contributed by atoms with van der Waals surface area (Å²) < 4.78 is 4.84. The number of carbonyl (C=O) groups is 1. The molecule has 1 aromatic rings. The molecule has 0 bridgehead atoms. The molecule has 1 rings (SSSR count). The second-order valence-corrected chi connectivity index (χ2v) is 5.73. The van der Waals surface area contributed by atoms with Crippen molar-refractivity contribution in [3.63, 3.8) is 0 Å². The highest BCUT2D eigenvalue weighted by molar-refractivity contribution is 5.81. The molecule has 1 aromatic carbocycles. The topological polar surface area (TPSA) is 64.3 Å². The van der Waals surface area contributed by atoms with E-state index in [9.17, 15) is 4.79 Å². The highest BCUT2D eigenvalue weighted by atomic mass is 16.5. The van der Waals surface area contributed by atoms with Gasteiger partial charge in [0.25, 0.3) is 0 Å². The van der Waals surface area contributed by atoms with E-state index in [1.54, 1.807) is 0 Å². The monoisotopic (exact) mass is 264 g/mol. The molecule has 0 aliphatic heterocycles. The van der Waals surface area contributed by atoms with Crippen LogP contribution in [0.15, 0.2) is 24.3 Å². The molecule has 0 unspecified atom stereocenters. The van der Waals surface area contributed by atoms with E-state index in [-0.39, 0.29) is 17.9 Å². The van der Waals surface area contributed by atoms with Gasteiger partial charge in [0.2, 0.25) is 5.91 Å². The standard InChI is InChI=1S/C15H24N2O2/c1-15(2,3)12-7-5-11(6-8-12)9-17-14(18)13(16)10-19-4/h5-8,13H,9-10,16H2,1-4H3,(H,17,18)/t13-/m1/s1. The van der Waals surface area contributed by atoms with Crippen LogP contribution in [0.5, 0.6) is 0 Å². The third kappa shape index (κ3) is 5.01. The van der Waals surface area contributed by atoms with Crippen LogP contribution >= 0.6 is 0 Å². The summed E-state index contributed by atoms with van der Waals surface area (Å²) in [5.41, 5.74) is 8.12. The number of methoxy groups -OCH3 is 1. The molecule has 0 aliphatic carbocycles. The fourth-order valence-corrected chi connectivity index (χ4v) is 1.70. The van der Waals surface area contributed by atoms with Crippen LogP contribution < -0.4 is 11.1 Å². The maximum atomic E-state index is 11.6. The Labute approximate surface area is 115 Å². The zero-order valence-corrected chi connectivity index (χ0v) is 12.2. The summed E-state index contributed by atoms with van der Waals surface area (Å²) in [6.45, 7) is 7.24. The molecule has 0 fully saturated rings. The zero-order chi connectivity index (χ0) is 14.5. The predicted octanol–water partition coefficient (Wildman–Crippen LogP) is 1.57. The van der Waals surface area contributed by atoms with Crippen LogP contribution in [-0.2, 0) is 21.5 Å². The normalized spacial score (nSPS) is 13.1. The molecule has 0 radical (unpaired) electrons. The fraction of sp³-hybridized carbons (Fsp3) is 0.533. The minimum Gasteiger partial charge on any atom is -0.383 e. The van der Waals surface area contributed by atoms with Gasteiger partial charge in [0.15, 0.2) is 0 Å². The summed E-state index contributed by atoms with van der Waals surface area (Å²) in [4.78, 5) is 11.6. The van der Waals surface area contributed by atoms with Gasteiger partial charge < -0.3 is 15.8 Å². The molecule has 0 spiro atoms. The summed E-state index contributed by atoms with van der Waals surface area (Å²) in [6, 6.07) is 7.64. The number of nitrogens with one attached hydrogen (secondary N) is 1. The maximum Gasteiger partial charge on any atom is 0.239 e. The summed E-state index contributed by atoms with van der Waals surface area (Å²) in [6.07, 6.45) is 0.